The minimum atomic E-state index is -1.49. The number of aliphatic hydroxyl groups excluding tert-OH is 1. The number of fused-ring (bicyclic) bond motifs is 1. The van der Waals surface area contributed by atoms with E-state index in [1.807, 2.05) is 54.6 Å². The van der Waals surface area contributed by atoms with E-state index < -0.39 is 29.7 Å². The molecular formula is C25H22FNO4. The number of carbonyl (C=O) groups is 2. The van der Waals surface area contributed by atoms with E-state index in [1.165, 1.54) is 12.1 Å². The van der Waals surface area contributed by atoms with E-state index in [1.54, 1.807) is 6.92 Å². The van der Waals surface area contributed by atoms with Gasteiger partial charge in [0.15, 0.2) is 5.92 Å². The Hall–Kier alpha value is -3.51. The summed E-state index contributed by atoms with van der Waals surface area (Å²) in [5.41, 5.74) is 3.71. The van der Waals surface area contributed by atoms with Crippen molar-refractivity contribution < 1.29 is 23.8 Å². The molecule has 0 aromatic heterocycles. The lowest BCUT2D eigenvalue weighted by Crippen LogP contribution is -2.40. The van der Waals surface area contributed by atoms with Crippen LogP contribution in [0.5, 0.6) is 0 Å². The average Bonchev–Trinajstić information content (AvgIpc) is 2.77. The van der Waals surface area contributed by atoms with E-state index in [-0.39, 0.29) is 24.2 Å². The van der Waals surface area contributed by atoms with Gasteiger partial charge in [-0.15, -0.1) is 0 Å². The molecule has 2 atom stereocenters. The van der Waals surface area contributed by atoms with Gasteiger partial charge in [0.1, 0.15) is 11.9 Å². The predicted octanol–water partition coefficient (Wildman–Crippen LogP) is 4.25. The van der Waals surface area contributed by atoms with Crippen LogP contribution in [0.25, 0.3) is 11.1 Å². The zero-order chi connectivity index (χ0) is 22.0. The van der Waals surface area contributed by atoms with Crippen LogP contribution in [0, 0.1) is 11.7 Å². The highest BCUT2D eigenvalue weighted by atomic mass is 19.1. The fraction of sp³-hybridized carbons (Fsp3) is 0.200. The molecule has 5 nitrogen and oxygen atoms in total. The normalized spacial score (nSPS) is 17.6. The van der Waals surface area contributed by atoms with Gasteiger partial charge in [-0.05, 0) is 35.7 Å². The van der Waals surface area contributed by atoms with Gasteiger partial charge in [-0.3, -0.25) is 9.59 Å². The van der Waals surface area contributed by atoms with Crippen molar-refractivity contribution in [3.05, 3.63) is 89.2 Å². The molecule has 1 heterocycles. The Balaban J connectivity index is 1.67. The molecule has 1 amide bonds. The Labute approximate surface area is 179 Å². The minimum absolute atomic E-state index is 0.0754. The van der Waals surface area contributed by atoms with Crippen LogP contribution in [0.4, 0.5) is 10.1 Å². The summed E-state index contributed by atoms with van der Waals surface area (Å²) in [6.07, 6.45) is -1.29. The molecule has 0 spiro atoms. The summed E-state index contributed by atoms with van der Waals surface area (Å²) in [5.74, 6) is -3.44. The first kappa shape index (κ1) is 20.8. The van der Waals surface area contributed by atoms with Crippen LogP contribution in [-0.4, -0.2) is 23.6 Å². The molecule has 0 saturated heterocycles. The van der Waals surface area contributed by atoms with Crippen molar-refractivity contribution in [1.29, 1.82) is 0 Å². The summed E-state index contributed by atoms with van der Waals surface area (Å²) in [7, 11) is 0. The maximum absolute atomic E-state index is 14.8. The summed E-state index contributed by atoms with van der Waals surface area (Å²) in [6, 6.07) is 20.3. The number of anilines is 1. The van der Waals surface area contributed by atoms with Gasteiger partial charge in [0.2, 0.25) is 5.91 Å². The zero-order valence-electron chi connectivity index (χ0n) is 17.0. The average molecular weight is 419 g/mol. The highest BCUT2D eigenvalue weighted by Gasteiger charge is 2.42. The van der Waals surface area contributed by atoms with Crippen molar-refractivity contribution in [2.24, 2.45) is 5.92 Å². The smallest absolute Gasteiger partial charge is 0.321 e. The molecule has 0 radical (unpaired) electrons. The van der Waals surface area contributed by atoms with Crippen molar-refractivity contribution >= 4 is 17.6 Å². The SMILES string of the molecule is CCOC(=O)C1C(=O)Nc2ccc(F)c(Cc3ccc(-c4ccccc4)cc3)c2C1O. The lowest BCUT2D eigenvalue weighted by atomic mass is 9.85. The maximum Gasteiger partial charge on any atom is 0.321 e. The third kappa shape index (κ3) is 4.07. The second-order valence-corrected chi connectivity index (χ2v) is 7.39. The summed E-state index contributed by atoms with van der Waals surface area (Å²) < 4.78 is 19.7. The first-order valence-corrected chi connectivity index (χ1v) is 10.1. The van der Waals surface area contributed by atoms with Gasteiger partial charge in [0, 0.05) is 23.2 Å². The molecule has 31 heavy (non-hydrogen) atoms. The van der Waals surface area contributed by atoms with Crippen molar-refractivity contribution in [3.63, 3.8) is 0 Å². The van der Waals surface area contributed by atoms with Gasteiger partial charge in [-0.25, -0.2) is 4.39 Å². The molecule has 3 aromatic rings. The van der Waals surface area contributed by atoms with Crippen LogP contribution in [0.3, 0.4) is 0 Å². The Kier molecular flexibility index (Phi) is 5.82. The van der Waals surface area contributed by atoms with Gasteiger partial charge in [0.25, 0.3) is 0 Å². The van der Waals surface area contributed by atoms with Crippen LogP contribution in [-0.2, 0) is 20.7 Å². The number of hydrogen-bond acceptors (Lipinski definition) is 4. The Bertz CT molecular complexity index is 1110. The Morgan fingerprint density at radius 2 is 1.71 bits per heavy atom. The molecule has 1 aliphatic heterocycles. The highest BCUT2D eigenvalue weighted by Crippen LogP contribution is 2.39. The molecule has 1 aliphatic rings. The van der Waals surface area contributed by atoms with E-state index in [9.17, 15) is 19.1 Å². The number of nitrogens with one attached hydrogen (secondary N) is 1. The van der Waals surface area contributed by atoms with Gasteiger partial charge in [-0.2, -0.15) is 0 Å². The van der Waals surface area contributed by atoms with Crippen LogP contribution < -0.4 is 5.32 Å². The fourth-order valence-corrected chi connectivity index (χ4v) is 3.90. The molecule has 3 aromatic carbocycles. The van der Waals surface area contributed by atoms with E-state index >= 15 is 0 Å². The van der Waals surface area contributed by atoms with Crippen molar-refractivity contribution in [2.75, 3.05) is 11.9 Å². The standard InChI is InChI=1S/C25H22FNO4/c1-2-31-25(30)22-23(28)21-18(19(26)12-13-20(21)27-24(22)29)14-15-8-10-17(11-9-15)16-6-4-3-5-7-16/h3-13,22-23,28H,2,14H2,1H3,(H,27,29). The summed E-state index contributed by atoms with van der Waals surface area (Å²) in [6.45, 7) is 1.69. The van der Waals surface area contributed by atoms with E-state index in [0.717, 1.165) is 16.7 Å². The van der Waals surface area contributed by atoms with E-state index in [4.69, 9.17) is 4.74 Å². The van der Waals surface area contributed by atoms with Gasteiger partial charge in [0.05, 0.1) is 6.61 Å². The molecule has 2 unspecified atom stereocenters. The second-order valence-electron chi connectivity index (χ2n) is 7.39. The number of amides is 1. The molecule has 158 valence electrons. The third-order valence-corrected chi connectivity index (χ3v) is 5.43. The number of rotatable bonds is 5. The van der Waals surface area contributed by atoms with Crippen LogP contribution in [0.1, 0.15) is 29.7 Å². The quantitative estimate of drug-likeness (QED) is 0.479. The summed E-state index contributed by atoms with van der Waals surface area (Å²) >= 11 is 0. The van der Waals surface area contributed by atoms with Crippen LogP contribution in [0.15, 0.2) is 66.7 Å². The molecule has 0 aliphatic carbocycles. The lowest BCUT2D eigenvalue weighted by molar-refractivity contribution is -0.156. The van der Waals surface area contributed by atoms with Crippen LogP contribution in [0.2, 0.25) is 0 Å². The number of halogens is 1. The summed E-state index contributed by atoms with van der Waals surface area (Å²) in [4.78, 5) is 24.6. The van der Waals surface area contributed by atoms with Crippen molar-refractivity contribution in [3.8, 4) is 11.1 Å². The van der Waals surface area contributed by atoms with Gasteiger partial charge < -0.3 is 15.2 Å². The molecule has 6 heteroatoms. The number of hydrogen-bond donors (Lipinski definition) is 2. The molecule has 4 rings (SSSR count). The number of benzene rings is 3. The number of aliphatic hydroxyl groups is 1. The Morgan fingerprint density at radius 1 is 1.03 bits per heavy atom. The number of ether oxygens (including phenoxy) is 1. The number of carbonyl (C=O) groups excluding carboxylic acids is 2. The largest absolute Gasteiger partial charge is 0.465 e. The van der Waals surface area contributed by atoms with Crippen LogP contribution >= 0.6 is 0 Å². The highest BCUT2D eigenvalue weighted by molar-refractivity contribution is 6.08. The number of esters is 1. The molecule has 0 bridgehead atoms. The first-order chi connectivity index (χ1) is 15.0. The van der Waals surface area contributed by atoms with Gasteiger partial charge >= 0.3 is 5.97 Å². The predicted molar refractivity (Wildman–Crippen MR) is 115 cm³/mol. The van der Waals surface area contributed by atoms with Gasteiger partial charge in [-0.1, -0.05) is 54.6 Å². The second kappa shape index (κ2) is 8.70. The maximum atomic E-state index is 14.8. The summed E-state index contributed by atoms with van der Waals surface area (Å²) in [5, 5.41) is 13.4. The lowest BCUT2D eigenvalue weighted by Gasteiger charge is -2.30. The van der Waals surface area contributed by atoms with E-state index in [0.29, 0.717) is 5.69 Å². The molecule has 0 saturated carbocycles. The monoisotopic (exact) mass is 419 g/mol. The fourth-order valence-electron chi connectivity index (χ4n) is 3.90. The first-order valence-electron chi connectivity index (χ1n) is 10.1. The topological polar surface area (TPSA) is 75.6 Å². The molecule has 2 N–H and O–H groups in total. The molecular weight excluding hydrogens is 397 g/mol. The van der Waals surface area contributed by atoms with Crippen molar-refractivity contribution in [1.82, 2.24) is 0 Å². The third-order valence-electron chi connectivity index (χ3n) is 5.43. The molecule has 0 fully saturated rings. The zero-order valence-corrected chi connectivity index (χ0v) is 17.0. The van der Waals surface area contributed by atoms with E-state index in [2.05, 4.69) is 5.32 Å². The minimum Gasteiger partial charge on any atom is -0.465 e. The van der Waals surface area contributed by atoms with Crippen molar-refractivity contribution in [2.45, 2.75) is 19.4 Å². The Morgan fingerprint density at radius 3 is 2.39 bits per heavy atom.